The second-order valence-corrected chi connectivity index (χ2v) is 5.51. The maximum absolute atomic E-state index is 13.6. The number of rotatable bonds is 2. The van der Waals surface area contributed by atoms with Gasteiger partial charge in [0.2, 0.25) is 5.82 Å². The Labute approximate surface area is 135 Å². The van der Waals surface area contributed by atoms with Crippen molar-refractivity contribution in [1.29, 1.82) is 0 Å². The number of carbonyl (C=O) groups excluding carboxylic acids is 1. The summed E-state index contributed by atoms with van der Waals surface area (Å²) in [6.07, 6.45) is 0. The molecule has 1 aliphatic heterocycles. The Morgan fingerprint density at radius 3 is 2.71 bits per heavy atom. The number of hydrogen-bond acceptors (Lipinski definition) is 4. The fourth-order valence-corrected chi connectivity index (χ4v) is 2.42. The molecule has 2 aromatic rings. The van der Waals surface area contributed by atoms with Crippen molar-refractivity contribution >= 4 is 5.91 Å². The highest BCUT2D eigenvalue weighted by Crippen LogP contribution is 2.20. The molecule has 6 nitrogen and oxygen atoms in total. The molecule has 3 rings (SSSR count). The molecule has 0 aliphatic carbocycles. The zero-order valence-corrected chi connectivity index (χ0v) is 12.9. The van der Waals surface area contributed by atoms with E-state index in [2.05, 4.69) is 10.1 Å². The maximum atomic E-state index is 13.6. The average Bonchev–Trinajstić information content (AvgIpc) is 2.82. The zero-order chi connectivity index (χ0) is 17.3. The number of halogens is 3. The van der Waals surface area contributed by atoms with E-state index in [-0.39, 0.29) is 19.0 Å². The largest absolute Gasteiger partial charge is 0.373 e. The third-order valence-electron chi connectivity index (χ3n) is 3.56. The Balaban J connectivity index is 1.86. The number of nitrogens with zero attached hydrogens (tertiary/aromatic N) is 4. The molecule has 1 fully saturated rings. The van der Waals surface area contributed by atoms with Gasteiger partial charge in [-0.3, -0.25) is 4.79 Å². The van der Waals surface area contributed by atoms with Gasteiger partial charge in [-0.1, -0.05) is 0 Å². The molecule has 0 bridgehead atoms. The summed E-state index contributed by atoms with van der Waals surface area (Å²) in [6.45, 7) is 0.230. The van der Waals surface area contributed by atoms with Crippen LogP contribution < -0.4 is 0 Å². The van der Waals surface area contributed by atoms with Gasteiger partial charge in [-0.05, 0) is 31.2 Å². The van der Waals surface area contributed by atoms with E-state index in [1.54, 1.807) is 6.92 Å². The lowest BCUT2D eigenvalue weighted by Gasteiger charge is -2.21. The molecular weight excluding hydrogens is 325 g/mol. The Hall–Kier alpha value is -2.42. The molecule has 1 amide bonds. The van der Waals surface area contributed by atoms with E-state index in [1.807, 2.05) is 0 Å². The molecule has 0 unspecified atom stereocenters. The fraction of sp³-hybridized carbons (Fsp3) is 0.400. The fourth-order valence-electron chi connectivity index (χ4n) is 2.42. The average molecular weight is 340 g/mol. The lowest BCUT2D eigenvalue weighted by Crippen LogP contribution is -2.41. The van der Waals surface area contributed by atoms with Crippen molar-refractivity contribution in [2.24, 2.45) is 0 Å². The number of aromatic nitrogens is 3. The Kier molecular flexibility index (Phi) is 4.27. The predicted molar refractivity (Wildman–Crippen MR) is 77.7 cm³/mol. The third-order valence-corrected chi connectivity index (χ3v) is 3.56. The summed E-state index contributed by atoms with van der Waals surface area (Å²) in [5, 5.41) is 4.07. The minimum atomic E-state index is -3.11. The SMILES string of the molecule is Cc1nc(C(=O)N2CCOCC(F)(F)C2)nn1-c1ccc(F)cc1. The van der Waals surface area contributed by atoms with Gasteiger partial charge in [-0.2, -0.15) is 0 Å². The van der Waals surface area contributed by atoms with Crippen molar-refractivity contribution < 1.29 is 22.7 Å². The van der Waals surface area contributed by atoms with E-state index in [0.717, 1.165) is 4.90 Å². The van der Waals surface area contributed by atoms with Crippen LogP contribution in [-0.2, 0) is 4.74 Å². The molecule has 1 aromatic carbocycles. The molecule has 1 saturated heterocycles. The molecule has 0 radical (unpaired) electrons. The van der Waals surface area contributed by atoms with E-state index in [4.69, 9.17) is 4.74 Å². The quantitative estimate of drug-likeness (QED) is 0.837. The number of amides is 1. The van der Waals surface area contributed by atoms with Crippen molar-refractivity contribution in [2.45, 2.75) is 12.8 Å². The summed E-state index contributed by atoms with van der Waals surface area (Å²) in [6, 6.07) is 5.48. The van der Waals surface area contributed by atoms with Gasteiger partial charge in [0.15, 0.2) is 0 Å². The van der Waals surface area contributed by atoms with Crippen LogP contribution in [0.1, 0.15) is 16.4 Å². The number of alkyl halides is 2. The van der Waals surface area contributed by atoms with E-state index in [0.29, 0.717) is 11.5 Å². The second kappa shape index (κ2) is 6.23. The van der Waals surface area contributed by atoms with Gasteiger partial charge in [0, 0.05) is 6.54 Å². The summed E-state index contributed by atoms with van der Waals surface area (Å²) < 4.78 is 46.3. The smallest absolute Gasteiger partial charge is 0.293 e. The standard InChI is InChI=1S/C15H15F3N4O2/c1-10-19-13(20-22(10)12-4-2-11(16)3-5-12)14(23)21-6-7-24-9-15(17,18)8-21/h2-5H,6-9H2,1H3. The zero-order valence-electron chi connectivity index (χ0n) is 12.9. The molecule has 2 heterocycles. The molecule has 128 valence electrons. The van der Waals surface area contributed by atoms with Crippen molar-refractivity contribution in [3.05, 3.63) is 41.7 Å². The van der Waals surface area contributed by atoms with Gasteiger partial charge >= 0.3 is 0 Å². The Morgan fingerprint density at radius 1 is 1.29 bits per heavy atom. The van der Waals surface area contributed by atoms with Crippen molar-refractivity contribution in [2.75, 3.05) is 26.3 Å². The number of ether oxygens (including phenoxy) is 1. The predicted octanol–water partition coefficient (Wildman–Crippen LogP) is 1.82. The van der Waals surface area contributed by atoms with E-state index >= 15 is 0 Å². The van der Waals surface area contributed by atoms with Crippen LogP contribution in [0.3, 0.4) is 0 Å². The maximum Gasteiger partial charge on any atom is 0.293 e. The summed E-state index contributed by atoms with van der Waals surface area (Å²) in [4.78, 5) is 17.5. The van der Waals surface area contributed by atoms with Crippen LogP contribution >= 0.6 is 0 Å². The first-order valence-electron chi connectivity index (χ1n) is 7.30. The van der Waals surface area contributed by atoms with Gasteiger partial charge < -0.3 is 9.64 Å². The number of aryl methyl sites for hydroxylation is 1. The number of hydrogen-bond donors (Lipinski definition) is 0. The second-order valence-electron chi connectivity index (χ2n) is 5.51. The molecule has 0 atom stereocenters. The molecule has 1 aromatic heterocycles. The third kappa shape index (κ3) is 3.40. The van der Waals surface area contributed by atoms with Crippen LogP contribution in [0.15, 0.2) is 24.3 Å². The van der Waals surface area contributed by atoms with Crippen LogP contribution in [0.5, 0.6) is 0 Å². The van der Waals surface area contributed by atoms with Crippen LogP contribution in [0.4, 0.5) is 13.2 Å². The number of carbonyl (C=O) groups is 1. The van der Waals surface area contributed by atoms with Crippen LogP contribution in [0.25, 0.3) is 5.69 Å². The highest BCUT2D eigenvalue weighted by molar-refractivity contribution is 5.90. The first kappa shape index (κ1) is 16.4. The Bertz CT molecular complexity index is 746. The number of benzene rings is 1. The molecule has 0 saturated carbocycles. The van der Waals surface area contributed by atoms with E-state index in [9.17, 15) is 18.0 Å². The van der Waals surface area contributed by atoms with Gasteiger partial charge in [0.25, 0.3) is 11.8 Å². The minimum Gasteiger partial charge on any atom is -0.373 e. The highest BCUT2D eigenvalue weighted by Gasteiger charge is 2.37. The Morgan fingerprint density at radius 2 is 2.00 bits per heavy atom. The van der Waals surface area contributed by atoms with Crippen molar-refractivity contribution in [1.82, 2.24) is 19.7 Å². The van der Waals surface area contributed by atoms with Gasteiger partial charge in [-0.15, -0.1) is 5.10 Å². The van der Waals surface area contributed by atoms with Crippen LogP contribution in [0, 0.1) is 12.7 Å². The molecule has 0 spiro atoms. The molecule has 9 heteroatoms. The summed E-state index contributed by atoms with van der Waals surface area (Å²) in [5.74, 6) is -4.00. The topological polar surface area (TPSA) is 60.3 Å². The lowest BCUT2D eigenvalue weighted by atomic mass is 10.3. The molecule has 24 heavy (non-hydrogen) atoms. The van der Waals surface area contributed by atoms with Crippen molar-refractivity contribution in [3.63, 3.8) is 0 Å². The molecule has 0 N–H and O–H groups in total. The highest BCUT2D eigenvalue weighted by atomic mass is 19.3. The first-order valence-corrected chi connectivity index (χ1v) is 7.30. The summed E-state index contributed by atoms with van der Waals surface area (Å²) in [7, 11) is 0. The van der Waals surface area contributed by atoms with Crippen LogP contribution in [-0.4, -0.2) is 57.8 Å². The van der Waals surface area contributed by atoms with Gasteiger partial charge in [0.05, 0.1) is 18.8 Å². The lowest BCUT2D eigenvalue weighted by molar-refractivity contribution is -0.0661. The van der Waals surface area contributed by atoms with Gasteiger partial charge in [-0.25, -0.2) is 22.8 Å². The summed E-state index contributed by atoms with van der Waals surface area (Å²) in [5.41, 5.74) is 0.518. The monoisotopic (exact) mass is 340 g/mol. The van der Waals surface area contributed by atoms with E-state index < -0.39 is 30.8 Å². The summed E-state index contributed by atoms with van der Waals surface area (Å²) >= 11 is 0. The van der Waals surface area contributed by atoms with Crippen molar-refractivity contribution in [3.8, 4) is 5.69 Å². The molecular formula is C15H15F3N4O2. The molecule has 1 aliphatic rings. The van der Waals surface area contributed by atoms with Gasteiger partial charge in [0.1, 0.15) is 18.2 Å². The normalized spacial score (nSPS) is 17.6. The minimum absolute atomic E-state index is 0.0268. The van der Waals surface area contributed by atoms with E-state index in [1.165, 1.54) is 28.9 Å². The first-order chi connectivity index (χ1) is 11.4. The van der Waals surface area contributed by atoms with Crippen LogP contribution in [0.2, 0.25) is 0 Å².